The summed E-state index contributed by atoms with van der Waals surface area (Å²) >= 11 is 5.89. The Bertz CT molecular complexity index is 720. The number of piperidine rings is 1. The van der Waals surface area contributed by atoms with Gasteiger partial charge in [-0.05, 0) is 49.9 Å². The summed E-state index contributed by atoms with van der Waals surface area (Å²) in [5.41, 5.74) is 2.11. The predicted octanol–water partition coefficient (Wildman–Crippen LogP) is 3.01. The number of nitrogens with one attached hydrogen (secondary N) is 1. The molecule has 2 heterocycles. The lowest BCUT2D eigenvalue weighted by atomic mass is 9.97. The summed E-state index contributed by atoms with van der Waals surface area (Å²) in [5, 5.41) is 3.79. The summed E-state index contributed by atoms with van der Waals surface area (Å²) in [6, 6.07) is 9.62. The highest BCUT2D eigenvalue weighted by Crippen LogP contribution is 2.20. The molecule has 1 aromatic carbocycles. The van der Waals surface area contributed by atoms with E-state index in [2.05, 4.69) is 20.2 Å². The van der Waals surface area contributed by atoms with Gasteiger partial charge in [0.15, 0.2) is 0 Å². The van der Waals surface area contributed by atoms with Gasteiger partial charge < -0.3 is 10.2 Å². The van der Waals surface area contributed by atoms with Crippen LogP contribution < -0.4 is 10.2 Å². The molecule has 1 aromatic heterocycles. The quantitative estimate of drug-likeness (QED) is 0.892. The average molecular weight is 359 g/mol. The summed E-state index contributed by atoms with van der Waals surface area (Å²) in [4.78, 5) is 23.4. The third-order valence-electron chi connectivity index (χ3n) is 4.48. The second-order valence-corrected chi connectivity index (χ2v) is 6.89. The molecule has 1 N–H and O–H groups in total. The first-order valence-electron chi connectivity index (χ1n) is 8.68. The molecule has 0 radical (unpaired) electrons. The Kier molecular flexibility index (Phi) is 5.87. The van der Waals surface area contributed by atoms with Crippen molar-refractivity contribution in [1.29, 1.82) is 0 Å². The Labute approximate surface area is 153 Å². The number of anilines is 1. The zero-order valence-corrected chi connectivity index (χ0v) is 15.2. The van der Waals surface area contributed by atoms with Crippen molar-refractivity contribution in [3.05, 3.63) is 52.8 Å². The van der Waals surface area contributed by atoms with Crippen LogP contribution in [0.25, 0.3) is 0 Å². The van der Waals surface area contributed by atoms with E-state index in [9.17, 15) is 4.79 Å². The highest BCUT2D eigenvalue weighted by molar-refractivity contribution is 6.30. The van der Waals surface area contributed by atoms with Crippen LogP contribution in [0.15, 0.2) is 36.5 Å². The number of rotatable bonds is 5. The number of benzene rings is 1. The highest BCUT2D eigenvalue weighted by Gasteiger charge is 2.26. The number of carbonyl (C=O) groups excluding carboxylic acids is 1. The minimum atomic E-state index is -0.0110. The molecule has 132 valence electrons. The van der Waals surface area contributed by atoms with Crippen LogP contribution in [0.2, 0.25) is 5.02 Å². The summed E-state index contributed by atoms with van der Waals surface area (Å²) in [5.74, 6) is 0.827. The zero-order chi connectivity index (χ0) is 17.6. The summed E-state index contributed by atoms with van der Waals surface area (Å²) in [6.45, 7) is 4.17. The van der Waals surface area contributed by atoms with E-state index < -0.39 is 0 Å². The van der Waals surface area contributed by atoms with Gasteiger partial charge in [-0.15, -0.1) is 0 Å². The molecule has 1 aliphatic heterocycles. The zero-order valence-electron chi connectivity index (χ0n) is 14.4. The van der Waals surface area contributed by atoms with Gasteiger partial charge in [0.1, 0.15) is 0 Å². The van der Waals surface area contributed by atoms with Gasteiger partial charge in [-0.1, -0.05) is 23.7 Å². The van der Waals surface area contributed by atoms with E-state index in [1.165, 1.54) is 5.56 Å². The average Bonchev–Trinajstić information content (AvgIpc) is 2.63. The Balaban J connectivity index is 1.50. The largest absolute Gasteiger partial charge is 0.355 e. The molecule has 25 heavy (non-hydrogen) atoms. The monoisotopic (exact) mass is 358 g/mol. The van der Waals surface area contributed by atoms with Crippen LogP contribution in [0.4, 0.5) is 5.95 Å². The fourth-order valence-corrected chi connectivity index (χ4v) is 3.21. The molecular formula is C19H23ClN4O. The lowest BCUT2D eigenvalue weighted by Gasteiger charge is -2.32. The molecule has 1 aliphatic rings. The number of hydrogen-bond donors (Lipinski definition) is 1. The first-order valence-corrected chi connectivity index (χ1v) is 9.06. The third kappa shape index (κ3) is 4.92. The standard InChI is InChI=1S/C19H23ClN4O/c1-14-8-10-22-19(23-14)24-12-2-3-16(13-24)18(25)21-11-9-15-4-6-17(20)7-5-15/h4-8,10,16H,2-3,9,11-13H2,1H3,(H,21,25)/t16-/m1/s1. The maximum absolute atomic E-state index is 12.5. The molecule has 0 unspecified atom stereocenters. The molecule has 3 rings (SSSR count). The van der Waals surface area contributed by atoms with Gasteiger partial charge in [0, 0.05) is 36.5 Å². The van der Waals surface area contributed by atoms with Crippen LogP contribution in [0.5, 0.6) is 0 Å². The fraction of sp³-hybridized carbons (Fsp3) is 0.421. The Morgan fingerprint density at radius 2 is 2.12 bits per heavy atom. The van der Waals surface area contributed by atoms with Crippen molar-refractivity contribution in [1.82, 2.24) is 15.3 Å². The number of nitrogens with zero attached hydrogens (tertiary/aromatic N) is 3. The lowest BCUT2D eigenvalue weighted by Crippen LogP contribution is -2.44. The van der Waals surface area contributed by atoms with E-state index in [0.717, 1.165) is 42.5 Å². The van der Waals surface area contributed by atoms with E-state index in [0.29, 0.717) is 13.1 Å². The first-order chi connectivity index (χ1) is 12.1. The maximum Gasteiger partial charge on any atom is 0.225 e. The maximum atomic E-state index is 12.5. The van der Waals surface area contributed by atoms with E-state index in [1.807, 2.05) is 37.3 Å². The Morgan fingerprint density at radius 3 is 2.88 bits per heavy atom. The third-order valence-corrected chi connectivity index (χ3v) is 4.74. The summed E-state index contributed by atoms with van der Waals surface area (Å²) < 4.78 is 0. The van der Waals surface area contributed by atoms with E-state index >= 15 is 0 Å². The second-order valence-electron chi connectivity index (χ2n) is 6.45. The Morgan fingerprint density at radius 1 is 1.32 bits per heavy atom. The molecule has 6 heteroatoms. The molecule has 0 bridgehead atoms. The normalized spacial score (nSPS) is 17.4. The van der Waals surface area contributed by atoms with Crippen LogP contribution in [-0.2, 0) is 11.2 Å². The Hall–Kier alpha value is -2.14. The van der Waals surface area contributed by atoms with Crippen molar-refractivity contribution >= 4 is 23.5 Å². The van der Waals surface area contributed by atoms with Crippen molar-refractivity contribution in [2.75, 3.05) is 24.5 Å². The molecule has 0 saturated carbocycles. The van der Waals surface area contributed by atoms with Gasteiger partial charge in [-0.2, -0.15) is 0 Å². The van der Waals surface area contributed by atoms with Crippen LogP contribution in [0.3, 0.4) is 0 Å². The molecule has 2 aromatic rings. The van der Waals surface area contributed by atoms with Crippen molar-refractivity contribution in [2.45, 2.75) is 26.2 Å². The van der Waals surface area contributed by atoms with Gasteiger partial charge >= 0.3 is 0 Å². The lowest BCUT2D eigenvalue weighted by molar-refractivity contribution is -0.125. The topological polar surface area (TPSA) is 58.1 Å². The molecule has 1 atom stereocenters. The molecule has 0 spiro atoms. The van der Waals surface area contributed by atoms with Gasteiger partial charge in [0.2, 0.25) is 11.9 Å². The number of hydrogen-bond acceptors (Lipinski definition) is 4. The molecular weight excluding hydrogens is 336 g/mol. The number of aromatic nitrogens is 2. The van der Waals surface area contributed by atoms with Crippen LogP contribution in [0, 0.1) is 12.8 Å². The molecule has 5 nitrogen and oxygen atoms in total. The van der Waals surface area contributed by atoms with Crippen LogP contribution in [0.1, 0.15) is 24.1 Å². The second kappa shape index (κ2) is 8.30. The minimum absolute atomic E-state index is 0.0110. The van der Waals surface area contributed by atoms with Gasteiger partial charge in [-0.3, -0.25) is 4.79 Å². The van der Waals surface area contributed by atoms with Crippen molar-refractivity contribution < 1.29 is 4.79 Å². The van der Waals surface area contributed by atoms with Gasteiger partial charge in [-0.25, -0.2) is 9.97 Å². The molecule has 0 aliphatic carbocycles. The molecule has 1 amide bonds. The van der Waals surface area contributed by atoms with Crippen molar-refractivity contribution in [3.8, 4) is 0 Å². The predicted molar refractivity (Wildman–Crippen MR) is 99.9 cm³/mol. The van der Waals surface area contributed by atoms with E-state index in [-0.39, 0.29) is 11.8 Å². The van der Waals surface area contributed by atoms with Crippen LogP contribution in [-0.4, -0.2) is 35.5 Å². The van der Waals surface area contributed by atoms with Crippen molar-refractivity contribution in [2.24, 2.45) is 5.92 Å². The molecule has 1 saturated heterocycles. The number of amides is 1. The molecule has 1 fully saturated rings. The number of aryl methyl sites for hydroxylation is 1. The van der Waals surface area contributed by atoms with E-state index in [1.54, 1.807) is 6.20 Å². The smallest absolute Gasteiger partial charge is 0.225 e. The minimum Gasteiger partial charge on any atom is -0.355 e. The number of halogens is 1. The fourth-order valence-electron chi connectivity index (χ4n) is 3.09. The van der Waals surface area contributed by atoms with Gasteiger partial charge in [0.25, 0.3) is 0 Å². The van der Waals surface area contributed by atoms with Crippen LogP contribution >= 0.6 is 11.6 Å². The first kappa shape index (κ1) is 17.7. The number of carbonyl (C=O) groups is 1. The van der Waals surface area contributed by atoms with Gasteiger partial charge in [0.05, 0.1) is 5.92 Å². The summed E-state index contributed by atoms with van der Waals surface area (Å²) in [7, 11) is 0. The SMILES string of the molecule is Cc1ccnc(N2CCC[C@@H](C(=O)NCCc3ccc(Cl)cc3)C2)n1. The van der Waals surface area contributed by atoms with Crippen molar-refractivity contribution in [3.63, 3.8) is 0 Å². The van der Waals surface area contributed by atoms with E-state index in [4.69, 9.17) is 11.6 Å². The highest BCUT2D eigenvalue weighted by atomic mass is 35.5. The summed E-state index contributed by atoms with van der Waals surface area (Å²) in [6.07, 6.45) is 4.47.